The fourth-order valence-corrected chi connectivity index (χ4v) is 5.32. The zero-order chi connectivity index (χ0) is 28.3. The summed E-state index contributed by atoms with van der Waals surface area (Å²) in [6, 6.07) is 20.8. The maximum absolute atomic E-state index is 13.0. The van der Waals surface area contributed by atoms with E-state index in [1.165, 1.54) is 0 Å². The minimum Gasteiger partial charge on any atom is -0.375 e. The Balaban J connectivity index is 1.19. The van der Waals surface area contributed by atoms with E-state index in [2.05, 4.69) is 5.32 Å². The number of ketones is 1. The van der Waals surface area contributed by atoms with Crippen LogP contribution in [0.15, 0.2) is 72.8 Å². The lowest BCUT2D eigenvalue weighted by Crippen LogP contribution is -2.33. The molecule has 4 atom stereocenters. The van der Waals surface area contributed by atoms with Gasteiger partial charge >= 0.3 is 0 Å². The lowest BCUT2D eigenvalue weighted by Gasteiger charge is -2.23. The van der Waals surface area contributed by atoms with E-state index in [1.807, 2.05) is 87.5 Å². The van der Waals surface area contributed by atoms with Crippen LogP contribution in [0.4, 0.5) is 11.4 Å². The first kappa shape index (κ1) is 28.5. The summed E-state index contributed by atoms with van der Waals surface area (Å²) in [7, 11) is 1.60. The van der Waals surface area contributed by atoms with Crippen LogP contribution in [0.1, 0.15) is 40.9 Å². The number of anilines is 2. The van der Waals surface area contributed by atoms with Crippen LogP contribution in [0.25, 0.3) is 6.08 Å². The smallest absolute Gasteiger partial charge is 0.194 e. The molecule has 2 saturated heterocycles. The Labute approximate surface area is 240 Å². The Hall–Kier alpha value is -3.04. The fourth-order valence-electron chi connectivity index (χ4n) is 5.05. The topological polar surface area (TPSA) is 75.2 Å². The van der Waals surface area contributed by atoms with Crippen molar-refractivity contribution in [1.82, 2.24) is 0 Å². The monoisotopic (exact) mass is 563 g/mol. The number of aryl methyl sites for hydroxylation is 1. The molecule has 210 valence electrons. The summed E-state index contributed by atoms with van der Waals surface area (Å²) in [4.78, 5) is 13.0. The third-order valence-electron chi connectivity index (χ3n) is 6.98. The number of hydrogen-bond acceptors (Lipinski definition) is 7. The van der Waals surface area contributed by atoms with Gasteiger partial charge in [0.2, 0.25) is 0 Å². The Bertz CT molecular complexity index is 1390. The maximum Gasteiger partial charge on any atom is 0.194 e. The van der Waals surface area contributed by atoms with Crippen LogP contribution in [-0.2, 0) is 23.7 Å². The van der Waals surface area contributed by atoms with Crippen molar-refractivity contribution in [3.63, 3.8) is 0 Å². The molecule has 7 nitrogen and oxygen atoms in total. The minimum atomic E-state index is -0.675. The van der Waals surface area contributed by atoms with Gasteiger partial charge < -0.3 is 29.0 Å². The molecule has 2 fully saturated rings. The van der Waals surface area contributed by atoms with Gasteiger partial charge in [0, 0.05) is 29.6 Å². The number of halogens is 1. The molecule has 2 aliphatic rings. The van der Waals surface area contributed by atoms with Gasteiger partial charge in [-0.25, -0.2) is 0 Å². The Morgan fingerprint density at radius 2 is 1.77 bits per heavy atom. The van der Waals surface area contributed by atoms with Crippen molar-refractivity contribution in [2.75, 3.05) is 25.6 Å². The molecule has 40 heavy (non-hydrogen) atoms. The van der Waals surface area contributed by atoms with Crippen molar-refractivity contribution in [3.8, 4) is 0 Å². The number of fused-ring (bicyclic) bond motifs is 1. The summed E-state index contributed by atoms with van der Waals surface area (Å²) in [5.74, 6) is -0.767. The first-order valence-electron chi connectivity index (χ1n) is 13.3. The van der Waals surface area contributed by atoms with Crippen LogP contribution in [0.3, 0.4) is 0 Å². The highest BCUT2D eigenvalue weighted by Gasteiger charge is 2.55. The minimum absolute atomic E-state index is 0.0926. The second-order valence-corrected chi connectivity index (χ2v) is 10.7. The number of para-hydroxylation sites is 1. The summed E-state index contributed by atoms with van der Waals surface area (Å²) in [5, 5.41) is 3.80. The van der Waals surface area contributed by atoms with Crippen molar-refractivity contribution in [1.29, 1.82) is 0 Å². The normalized spacial score (nSPS) is 23.4. The van der Waals surface area contributed by atoms with Crippen LogP contribution < -0.4 is 5.32 Å². The summed E-state index contributed by atoms with van der Waals surface area (Å²) in [5.41, 5.74) is 4.70. The zero-order valence-electron chi connectivity index (χ0n) is 23.1. The van der Waals surface area contributed by atoms with Gasteiger partial charge in [-0.05, 0) is 56.2 Å². The molecule has 0 aromatic heterocycles. The van der Waals surface area contributed by atoms with E-state index in [9.17, 15) is 4.79 Å². The molecule has 5 rings (SSSR count). The molecule has 0 bridgehead atoms. The number of ether oxygens (including phenoxy) is 5. The number of benzene rings is 3. The predicted molar refractivity (Wildman–Crippen MR) is 155 cm³/mol. The highest BCUT2D eigenvalue weighted by atomic mass is 35.5. The van der Waals surface area contributed by atoms with Crippen molar-refractivity contribution < 1.29 is 28.5 Å². The summed E-state index contributed by atoms with van der Waals surface area (Å²) in [6.07, 6.45) is 2.69. The second kappa shape index (κ2) is 12.2. The fraction of sp³-hybridized carbons (Fsp3) is 0.344. The molecule has 0 radical (unpaired) electrons. The van der Waals surface area contributed by atoms with E-state index in [4.69, 9.17) is 35.3 Å². The van der Waals surface area contributed by atoms with Crippen molar-refractivity contribution in [2.45, 2.75) is 51.2 Å². The van der Waals surface area contributed by atoms with E-state index in [-0.39, 0.29) is 24.1 Å². The van der Waals surface area contributed by atoms with E-state index in [0.717, 1.165) is 22.5 Å². The zero-order valence-corrected chi connectivity index (χ0v) is 23.8. The Morgan fingerprint density at radius 1 is 1.02 bits per heavy atom. The quantitative estimate of drug-likeness (QED) is 0.221. The molecule has 3 aromatic rings. The average molecular weight is 564 g/mol. The number of carbonyl (C=O) groups excluding carboxylic acids is 1. The van der Waals surface area contributed by atoms with E-state index in [0.29, 0.717) is 29.4 Å². The first-order chi connectivity index (χ1) is 19.3. The number of carbonyl (C=O) groups is 1. The number of methoxy groups -OCH3 is 1. The highest BCUT2D eigenvalue weighted by molar-refractivity contribution is 6.35. The molecule has 1 N–H and O–H groups in total. The number of nitrogens with one attached hydrogen (secondary N) is 1. The average Bonchev–Trinajstić information content (AvgIpc) is 3.42. The molecular formula is C32H34ClNO6. The van der Waals surface area contributed by atoms with E-state index in [1.54, 1.807) is 19.2 Å². The van der Waals surface area contributed by atoms with Crippen molar-refractivity contribution >= 4 is 34.8 Å². The van der Waals surface area contributed by atoms with Crippen LogP contribution in [0, 0.1) is 6.92 Å². The summed E-state index contributed by atoms with van der Waals surface area (Å²) < 4.78 is 29.2. The third kappa shape index (κ3) is 6.31. The molecule has 0 spiro atoms. The molecule has 2 heterocycles. The SMILES string of the molecule is CO[C@@H]1O[C@H](COC/C=C/c2ccccc2Nc2ccc(C(=O)c3ccccc3C)c(Cl)c2)[C@H]2OC(C)(C)O[C@@H]12. The largest absolute Gasteiger partial charge is 0.375 e. The lowest BCUT2D eigenvalue weighted by atomic mass is 9.99. The lowest BCUT2D eigenvalue weighted by molar-refractivity contribution is -0.231. The molecule has 0 amide bonds. The molecule has 3 aromatic carbocycles. The van der Waals surface area contributed by atoms with Gasteiger partial charge in [-0.3, -0.25) is 4.79 Å². The third-order valence-corrected chi connectivity index (χ3v) is 7.29. The van der Waals surface area contributed by atoms with Gasteiger partial charge in [0.15, 0.2) is 17.9 Å². The van der Waals surface area contributed by atoms with Gasteiger partial charge in [-0.1, -0.05) is 66.2 Å². The van der Waals surface area contributed by atoms with Crippen LogP contribution in [-0.4, -0.2) is 56.5 Å². The van der Waals surface area contributed by atoms with Crippen LogP contribution >= 0.6 is 11.6 Å². The Kier molecular flexibility index (Phi) is 8.71. The molecule has 8 heteroatoms. The number of rotatable bonds is 10. The molecular weight excluding hydrogens is 530 g/mol. The predicted octanol–water partition coefficient (Wildman–Crippen LogP) is 6.54. The van der Waals surface area contributed by atoms with Crippen LogP contribution in [0.5, 0.6) is 0 Å². The van der Waals surface area contributed by atoms with Crippen molar-refractivity contribution in [2.24, 2.45) is 0 Å². The van der Waals surface area contributed by atoms with Gasteiger partial charge in [0.25, 0.3) is 0 Å². The first-order valence-corrected chi connectivity index (χ1v) is 13.7. The molecule has 0 unspecified atom stereocenters. The number of hydrogen-bond donors (Lipinski definition) is 1. The van der Waals surface area contributed by atoms with Gasteiger partial charge in [-0.2, -0.15) is 0 Å². The van der Waals surface area contributed by atoms with Gasteiger partial charge in [-0.15, -0.1) is 0 Å². The molecule has 2 aliphatic heterocycles. The highest BCUT2D eigenvalue weighted by Crippen LogP contribution is 2.39. The molecule has 0 aliphatic carbocycles. The standard InChI is InChI=1S/C32H34ClNO6/c1-20-10-5-7-13-23(20)28(35)24-16-15-22(18-25(24)33)34-26-14-8-6-11-21(26)12-9-17-37-19-27-29-30(31(36-4)38-27)40-32(2,3)39-29/h5-16,18,27,29-31,34H,17,19H2,1-4H3/b12-9+/t27-,29-,30-,31-/m1/s1. The second-order valence-electron chi connectivity index (χ2n) is 10.3. The summed E-state index contributed by atoms with van der Waals surface area (Å²) >= 11 is 6.55. The Morgan fingerprint density at radius 3 is 2.55 bits per heavy atom. The van der Waals surface area contributed by atoms with E-state index < -0.39 is 12.1 Å². The van der Waals surface area contributed by atoms with Crippen molar-refractivity contribution in [3.05, 3.63) is 100 Å². The summed E-state index contributed by atoms with van der Waals surface area (Å²) in [6.45, 7) is 6.45. The van der Waals surface area contributed by atoms with Gasteiger partial charge in [0.1, 0.15) is 18.3 Å². The van der Waals surface area contributed by atoms with Crippen LogP contribution in [0.2, 0.25) is 5.02 Å². The van der Waals surface area contributed by atoms with E-state index >= 15 is 0 Å². The maximum atomic E-state index is 13.0. The molecule has 0 saturated carbocycles. The van der Waals surface area contributed by atoms with Gasteiger partial charge in [0.05, 0.1) is 18.2 Å².